The molecule has 0 amide bonds. The monoisotopic (exact) mass is 158 g/mol. The zero-order valence-corrected chi connectivity index (χ0v) is 7.00. The first-order chi connectivity index (χ1) is 5.74. The second-order valence-electron chi connectivity index (χ2n) is 2.59. The molecule has 0 fully saturated rings. The molecule has 0 aliphatic heterocycles. The number of Topliss-reactive ketones (excluding diaryl/α,β-unsaturated/α-hetero) is 1. The maximum Gasteiger partial charge on any atom is 0.167 e. The van der Waals surface area contributed by atoms with E-state index in [9.17, 15) is 4.79 Å². The van der Waals surface area contributed by atoms with Gasteiger partial charge in [0.1, 0.15) is 0 Å². The van der Waals surface area contributed by atoms with E-state index >= 15 is 0 Å². The van der Waals surface area contributed by atoms with Crippen LogP contribution in [0.4, 0.5) is 0 Å². The predicted octanol–water partition coefficient (Wildman–Crippen LogP) is 2.18. The quantitative estimate of drug-likeness (QED) is 0.563. The topological polar surface area (TPSA) is 17.1 Å². The Labute approximate surface area is 72.1 Å². The molecule has 0 aromatic rings. The van der Waals surface area contributed by atoms with Crippen molar-refractivity contribution in [1.29, 1.82) is 0 Å². The van der Waals surface area contributed by atoms with Crippen LogP contribution in [-0.2, 0) is 4.79 Å². The van der Waals surface area contributed by atoms with E-state index in [-0.39, 0.29) is 11.7 Å². The number of hydrogen-bond acceptors (Lipinski definition) is 1. The highest BCUT2D eigenvalue weighted by Crippen LogP contribution is 2.10. The molecule has 60 valence electrons. The number of rotatable bonds is 2. The van der Waals surface area contributed by atoms with Gasteiger partial charge >= 0.3 is 0 Å². The third-order valence-corrected chi connectivity index (χ3v) is 1.61. The summed E-state index contributed by atoms with van der Waals surface area (Å²) in [5, 5.41) is 0. The molecule has 1 nitrogen and oxygen atoms in total. The number of allylic oxidation sites excluding steroid dienone is 4. The Balaban J connectivity index is 2.90. The molecule has 1 aliphatic carbocycles. The molecule has 0 radical (unpaired) electrons. The Kier molecular flexibility index (Phi) is 2.66. The Morgan fingerprint density at radius 2 is 2.58 bits per heavy atom. The highest BCUT2D eigenvalue weighted by Gasteiger charge is 2.03. The maximum absolute atomic E-state index is 10.9. The van der Waals surface area contributed by atoms with Crippen LogP contribution in [0.5, 0.6) is 0 Å². The van der Waals surface area contributed by atoms with Crippen molar-refractivity contribution in [3.63, 3.8) is 0 Å². The molecule has 0 bridgehead atoms. The zero-order chi connectivity index (χ0) is 8.97. The molecule has 1 unspecified atom stereocenters. The van der Waals surface area contributed by atoms with Crippen LogP contribution in [0.1, 0.15) is 6.92 Å². The minimum atomic E-state index is 0.0449. The molecule has 1 aliphatic rings. The summed E-state index contributed by atoms with van der Waals surface area (Å²) in [5.74, 6) is 0.231. The molecular weight excluding hydrogens is 148 g/mol. The minimum absolute atomic E-state index is 0.0449. The molecule has 0 saturated heterocycles. The van der Waals surface area contributed by atoms with Crippen molar-refractivity contribution in [3.05, 3.63) is 47.9 Å². The summed E-state index contributed by atoms with van der Waals surface area (Å²) in [6.45, 7) is 5.00. The van der Waals surface area contributed by atoms with Crippen LogP contribution in [0.15, 0.2) is 47.9 Å². The van der Waals surface area contributed by atoms with E-state index in [1.165, 1.54) is 6.92 Å². The van der Waals surface area contributed by atoms with Crippen molar-refractivity contribution in [1.82, 2.24) is 0 Å². The SMILES string of the molecule is C=C=CC1C=C=C(C(C)=O)C=C1. The van der Waals surface area contributed by atoms with Gasteiger partial charge in [-0.15, -0.1) is 11.5 Å². The molecule has 1 rings (SSSR count). The summed E-state index contributed by atoms with van der Waals surface area (Å²) >= 11 is 0. The van der Waals surface area contributed by atoms with Gasteiger partial charge in [-0.2, -0.15) is 0 Å². The van der Waals surface area contributed by atoms with Crippen molar-refractivity contribution in [2.75, 3.05) is 0 Å². The van der Waals surface area contributed by atoms with Crippen LogP contribution < -0.4 is 0 Å². The Bertz CT molecular complexity index is 332. The predicted molar refractivity (Wildman–Crippen MR) is 48.6 cm³/mol. The molecule has 0 aromatic heterocycles. The molecule has 1 atom stereocenters. The number of hydrogen-bond donors (Lipinski definition) is 0. The fraction of sp³-hybridized carbons (Fsp3) is 0.182. The fourth-order valence-corrected chi connectivity index (χ4v) is 0.956. The maximum atomic E-state index is 10.9. The van der Waals surface area contributed by atoms with E-state index in [4.69, 9.17) is 0 Å². The molecule has 0 N–H and O–H groups in total. The Morgan fingerprint density at radius 3 is 3.00 bits per heavy atom. The number of ketones is 1. The van der Waals surface area contributed by atoms with Gasteiger partial charge in [-0.1, -0.05) is 12.7 Å². The fourth-order valence-electron chi connectivity index (χ4n) is 0.956. The normalized spacial score (nSPS) is 19.8. The highest BCUT2D eigenvalue weighted by atomic mass is 16.1. The van der Waals surface area contributed by atoms with Gasteiger partial charge in [-0.3, -0.25) is 4.79 Å². The van der Waals surface area contributed by atoms with Gasteiger partial charge in [0, 0.05) is 5.92 Å². The first-order valence-electron chi connectivity index (χ1n) is 3.76. The van der Waals surface area contributed by atoms with E-state index in [1.54, 1.807) is 6.08 Å². The molecule has 0 saturated carbocycles. The van der Waals surface area contributed by atoms with Crippen LogP contribution in [0.2, 0.25) is 0 Å². The van der Waals surface area contributed by atoms with E-state index in [2.05, 4.69) is 18.0 Å². The highest BCUT2D eigenvalue weighted by molar-refractivity contribution is 5.96. The van der Waals surface area contributed by atoms with Crippen molar-refractivity contribution < 1.29 is 4.79 Å². The van der Waals surface area contributed by atoms with Crippen LogP contribution in [0.3, 0.4) is 0 Å². The van der Waals surface area contributed by atoms with Crippen LogP contribution in [0, 0.1) is 5.92 Å². The minimum Gasteiger partial charge on any atom is -0.294 e. The lowest BCUT2D eigenvalue weighted by molar-refractivity contribution is -0.113. The van der Waals surface area contributed by atoms with Gasteiger partial charge in [0.15, 0.2) is 5.78 Å². The van der Waals surface area contributed by atoms with Crippen molar-refractivity contribution in [2.24, 2.45) is 5.92 Å². The standard InChI is InChI=1S/C11H10O/c1-3-4-10-5-7-11(8-6-10)9(2)12/h4-7,10H,1H2,2H3. The van der Waals surface area contributed by atoms with Gasteiger partial charge in [0.2, 0.25) is 0 Å². The van der Waals surface area contributed by atoms with E-state index in [0.717, 1.165) is 0 Å². The summed E-state index contributed by atoms with van der Waals surface area (Å²) in [6.07, 6.45) is 7.35. The summed E-state index contributed by atoms with van der Waals surface area (Å²) < 4.78 is 0. The number of carbonyl (C=O) groups is 1. The lowest BCUT2D eigenvalue weighted by atomic mass is 10.0. The van der Waals surface area contributed by atoms with Gasteiger partial charge in [0.05, 0.1) is 5.57 Å². The largest absolute Gasteiger partial charge is 0.294 e. The molecular formula is C11H10O. The molecule has 12 heavy (non-hydrogen) atoms. The van der Waals surface area contributed by atoms with Crippen LogP contribution >= 0.6 is 0 Å². The Morgan fingerprint density at radius 1 is 1.83 bits per heavy atom. The van der Waals surface area contributed by atoms with E-state index < -0.39 is 0 Å². The summed E-state index contributed by atoms with van der Waals surface area (Å²) in [6, 6.07) is 0. The second kappa shape index (κ2) is 3.73. The molecule has 0 spiro atoms. The van der Waals surface area contributed by atoms with Crippen molar-refractivity contribution in [3.8, 4) is 0 Å². The van der Waals surface area contributed by atoms with Gasteiger partial charge < -0.3 is 0 Å². The molecule has 0 aromatic carbocycles. The van der Waals surface area contributed by atoms with Gasteiger partial charge in [-0.05, 0) is 25.2 Å². The first kappa shape index (κ1) is 8.55. The smallest absolute Gasteiger partial charge is 0.167 e. The first-order valence-corrected chi connectivity index (χ1v) is 3.76. The average molecular weight is 158 g/mol. The van der Waals surface area contributed by atoms with Crippen LogP contribution in [-0.4, -0.2) is 5.78 Å². The second-order valence-corrected chi connectivity index (χ2v) is 2.59. The van der Waals surface area contributed by atoms with Gasteiger partial charge in [0.25, 0.3) is 0 Å². The summed E-state index contributed by atoms with van der Waals surface area (Å²) in [5.41, 5.74) is 6.23. The third-order valence-electron chi connectivity index (χ3n) is 1.61. The summed E-state index contributed by atoms with van der Waals surface area (Å²) in [7, 11) is 0. The zero-order valence-electron chi connectivity index (χ0n) is 7.00. The van der Waals surface area contributed by atoms with Crippen molar-refractivity contribution in [2.45, 2.75) is 6.92 Å². The van der Waals surface area contributed by atoms with Crippen LogP contribution in [0.25, 0.3) is 0 Å². The van der Waals surface area contributed by atoms with E-state index in [0.29, 0.717) is 5.57 Å². The van der Waals surface area contributed by atoms with Crippen molar-refractivity contribution >= 4 is 5.78 Å². The van der Waals surface area contributed by atoms with Gasteiger partial charge in [-0.25, -0.2) is 0 Å². The lowest BCUT2D eigenvalue weighted by Gasteiger charge is -2.02. The van der Waals surface area contributed by atoms with E-state index in [1.807, 2.05) is 18.2 Å². The lowest BCUT2D eigenvalue weighted by Crippen LogP contribution is -1.96. The molecule has 0 heterocycles. The average Bonchev–Trinajstić information content (AvgIpc) is 2.06. The Hall–Kier alpha value is -1.55. The summed E-state index contributed by atoms with van der Waals surface area (Å²) in [4.78, 5) is 10.9. The number of carbonyl (C=O) groups excluding carboxylic acids is 1. The third kappa shape index (κ3) is 1.96. The molecule has 1 heteroatoms.